The lowest BCUT2D eigenvalue weighted by Gasteiger charge is -2.23. The summed E-state index contributed by atoms with van der Waals surface area (Å²) < 4.78 is 5.22. The standard InChI is InChI=1S/C18H20N4O2.ClH/c19-17-13-7-6-12(9-13)16(17)18(23)20-10-15-21-14(22-24-15)8-11-4-2-1-3-5-11;/h1-7,12-13,16-17H,8-10,19H2,(H,20,23);1H/t12-,13+,16-,17+;/m1./s1. The molecule has 2 aliphatic carbocycles. The second-order valence-electron chi connectivity index (χ2n) is 6.54. The van der Waals surface area contributed by atoms with Gasteiger partial charge in [0.05, 0.1) is 12.5 Å². The van der Waals surface area contributed by atoms with Gasteiger partial charge >= 0.3 is 0 Å². The van der Waals surface area contributed by atoms with Crippen LogP contribution in [0.15, 0.2) is 47.0 Å². The van der Waals surface area contributed by atoms with Crippen molar-refractivity contribution >= 4 is 18.3 Å². The van der Waals surface area contributed by atoms with Crippen LogP contribution < -0.4 is 11.1 Å². The van der Waals surface area contributed by atoms with Crippen LogP contribution in [0.2, 0.25) is 0 Å². The molecule has 1 fully saturated rings. The number of allylic oxidation sites excluding steroid dienone is 1. The highest BCUT2D eigenvalue weighted by molar-refractivity contribution is 5.85. The number of carbonyl (C=O) groups is 1. The fourth-order valence-electron chi connectivity index (χ4n) is 3.72. The molecule has 6 nitrogen and oxygen atoms in total. The molecule has 4 rings (SSSR count). The van der Waals surface area contributed by atoms with E-state index in [-0.39, 0.29) is 42.7 Å². The van der Waals surface area contributed by atoms with Crippen LogP contribution in [-0.4, -0.2) is 22.1 Å². The minimum absolute atomic E-state index is 0. The summed E-state index contributed by atoms with van der Waals surface area (Å²) in [7, 11) is 0. The lowest BCUT2D eigenvalue weighted by Crippen LogP contribution is -2.43. The largest absolute Gasteiger partial charge is 0.347 e. The van der Waals surface area contributed by atoms with E-state index in [0.29, 0.717) is 24.1 Å². The monoisotopic (exact) mass is 360 g/mol. The van der Waals surface area contributed by atoms with Gasteiger partial charge in [-0.2, -0.15) is 4.98 Å². The van der Waals surface area contributed by atoms with E-state index in [9.17, 15) is 4.79 Å². The molecule has 0 spiro atoms. The quantitative estimate of drug-likeness (QED) is 0.793. The predicted molar refractivity (Wildman–Crippen MR) is 94.8 cm³/mol. The van der Waals surface area contributed by atoms with E-state index in [2.05, 4.69) is 27.6 Å². The van der Waals surface area contributed by atoms with Crippen LogP contribution in [0.3, 0.4) is 0 Å². The molecular formula is C18H21ClN4O2. The Labute approximate surface area is 152 Å². The van der Waals surface area contributed by atoms with Crippen molar-refractivity contribution in [2.45, 2.75) is 25.4 Å². The maximum atomic E-state index is 12.4. The molecule has 1 aromatic heterocycles. The molecule has 0 aliphatic heterocycles. The molecule has 3 N–H and O–H groups in total. The molecule has 25 heavy (non-hydrogen) atoms. The molecule has 0 radical (unpaired) electrons. The highest BCUT2D eigenvalue weighted by atomic mass is 35.5. The first-order valence-corrected chi connectivity index (χ1v) is 8.28. The Morgan fingerprint density at radius 1 is 1.24 bits per heavy atom. The molecule has 2 aliphatic rings. The predicted octanol–water partition coefficient (Wildman–Crippen LogP) is 1.85. The van der Waals surface area contributed by atoms with E-state index in [0.717, 1.165) is 12.0 Å². The molecule has 2 aromatic rings. The van der Waals surface area contributed by atoms with Gasteiger partial charge in [-0.15, -0.1) is 12.4 Å². The van der Waals surface area contributed by atoms with E-state index in [1.165, 1.54) is 0 Å². The van der Waals surface area contributed by atoms with E-state index in [4.69, 9.17) is 10.3 Å². The molecule has 1 aromatic carbocycles. The Hall–Kier alpha value is -2.18. The minimum atomic E-state index is -0.147. The number of halogens is 1. The van der Waals surface area contributed by atoms with Crippen molar-refractivity contribution in [1.82, 2.24) is 15.5 Å². The average Bonchev–Trinajstić information content (AvgIpc) is 3.30. The number of nitrogens with one attached hydrogen (secondary N) is 1. The van der Waals surface area contributed by atoms with Gasteiger partial charge in [-0.1, -0.05) is 47.6 Å². The summed E-state index contributed by atoms with van der Waals surface area (Å²) in [6.45, 7) is 0.241. The van der Waals surface area contributed by atoms with E-state index < -0.39 is 0 Å². The van der Waals surface area contributed by atoms with Crippen molar-refractivity contribution in [2.24, 2.45) is 23.5 Å². The van der Waals surface area contributed by atoms with Gasteiger partial charge in [0.15, 0.2) is 5.82 Å². The van der Waals surface area contributed by atoms with Gasteiger partial charge in [-0.05, 0) is 23.8 Å². The van der Waals surface area contributed by atoms with Crippen molar-refractivity contribution in [3.05, 3.63) is 59.8 Å². The normalized spacial score (nSPS) is 26.4. The summed E-state index contributed by atoms with van der Waals surface area (Å²) in [6, 6.07) is 9.86. The molecular weight excluding hydrogens is 340 g/mol. The number of hydrogen-bond donors (Lipinski definition) is 2. The van der Waals surface area contributed by atoms with E-state index in [1.807, 2.05) is 30.3 Å². The van der Waals surface area contributed by atoms with Crippen molar-refractivity contribution in [2.75, 3.05) is 0 Å². The lowest BCUT2D eigenvalue weighted by atomic mass is 9.89. The molecule has 4 atom stereocenters. The lowest BCUT2D eigenvalue weighted by molar-refractivity contribution is -0.126. The van der Waals surface area contributed by atoms with E-state index >= 15 is 0 Å². The number of benzene rings is 1. The van der Waals surface area contributed by atoms with Gasteiger partial charge in [-0.25, -0.2) is 0 Å². The van der Waals surface area contributed by atoms with Crippen LogP contribution in [0.25, 0.3) is 0 Å². The van der Waals surface area contributed by atoms with Crippen LogP contribution in [0.5, 0.6) is 0 Å². The Morgan fingerprint density at radius 3 is 2.72 bits per heavy atom. The Bertz CT molecular complexity index is 761. The first-order valence-electron chi connectivity index (χ1n) is 8.28. The maximum Gasteiger partial charge on any atom is 0.246 e. The van der Waals surface area contributed by atoms with Crippen molar-refractivity contribution in [3.63, 3.8) is 0 Å². The van der Waals surface area contributed by atoms with Gasteiger partial charge in [0.1, 0.15) is 0 Å². The molecule has 1 amide bonds. The third kappa shape index (κ3) is 3.60. The average molecular weight is 361 g/mol. The zero-order chi connectivity index (χ0) is 16.5. The summed E-state index contributed by atoms with van der Waals surface area (Å²) in [6.07, 6.45) is 5.84. The van der Waals surface area contributed by atoms with Gasteiger partial charge in [0.2, 0.25) is 11.8 Å². The summed E-state index contributed by atoms with van der Waals surface area (Å²) in [4.78, 5) is 16.7. The summed E-state index contributed by atoms with van der Waals surface area (Å²) in [5.74, 6) is 1.47. The summed E-state index contributed by atoms with van der Waals surface area (Å²) in [5.41, 5.74) is 7.28. The first-order chi connectivity index (χ1) is 11.7. The fraction of sp³-hybridized carbons (Fsp3) is 0.389. The smallest absolute Gasteiger partial charge is 0.246 e. The molecule has 2 bridgehead atoms. The number of fused-ring (bicyclic) bond motifs is 2. The third-order valence-electron chi connectivity index (χ3n) is 4.95. The summed E-state index contributed by atoms with van der Waals surface area (Å²) >= 11 is 0. The van der Waals surface area contributed by atoms with Crippen LogP contribution in [0, 0.1) is 17.8 Å². The molecule has 132 valence electrons. The molecule has 1 heterocycles. The topological polar surface area (TPSA) is 94.0 Å². The Morgan fingerprint density at radius 2 is 2.00 bits per heavy atom. The molecule has 0 unspecified atom stereocenters. The number of carbonyl (C=O) groups excluding carboxylic acids is 1. The number of nitrogens with zero attached hydrogens (tertiary/aromatic N) is 2. The highest BCUT2D eigenvalue weighted by Crippen LogP contribution is 2.42. The Balaban J connectivity index is 0.00000182. The second kappa shape index (κ2) is 7.37. The zero-order valence-electron chi connectivity index (χ0n) is 13.7. The second-order valence-corrected chi connectivity index (χ2v) is 6.54. The van der Waals surface area contributed by atoms with Crippen LogP contribution in [-0.2, 0) is 17.8 Å². The Kier molecular flexibility index (Phi) is 5.20. The van der Waals surface area contributed by atoms with E-state index in [1.54, 1.807) is 0 Å². The maximum absolute atomic E-state index is 12.4. The number of hydrogen-bond acceptors (Lipinski definition) is 5. The minimum Gasteiger partial charge on any atom is -0.347 e. The SMILES string of the molecule is Cl.N[C@@H]1[C@H](C(=O)NCc2nc(Cc3ccccc3)no2)[C@@H]2C=C[C@H]1C2. The summed E-state index contributed by atoms with van der Waals surface area (Å²) in [5, 5.41) is 6.85. The van der Waals surface area contributed by atoms with Crippen LogP contribution >= 0.6 is 12.4 Å². The number of rotatable bonds is 5. The van der Waals surface area contributed by atoms with Gasteiger partial charge < -0.3 is 15.6 Å². The third-order valence-corrected chi connectivity index (χ3v) is 4.95. The highest BCUT2D eigenvalue weighted by Gasteiger charge is 2.46. The van der Waals surface area contributed by atoms with Crippen LogP contribution in [0.1, 0.15) is 23.7 Å². The van der Waals surface area contributed by atoms with Gasteiger partial charge in [0, 0.05) is 12.5 Å². The van der Waals surface area contributed by atoms with Crippen molar-refractivity contribution < 1.29 is 9.32 Å². The van der Waals surface area contributed by atoms with Gasteiger partial charge in [-0.3, -0.25) is 4.79 Å². The number of amides is 1. The molecule has 7 heteroatoms. The van der Waals surface area contributed by atoms with Crippen molar-refractivity contribution in [3.8, 4) is 0 Å². The molecule has 1 saturated carbocycles. The van der Waals surface area contributed by atoms with Crippen LogP contribution in [0.4, 0.5) is 0 Å². The fourth-order valence-corrected chi connectivity index (χ4v) is 3.72. The van der Waals surface area contributed by atoms with Gasteiger partial charge in [0.25, 0.3) is 0 Å². The van der Waals surface area contributed by atoms with Crippen molar-refractivity contribution in [1.29, 1.82) is 0 Å². The zero-order valence-corrected chi connectivity index (χ0v) is 14.5. The number of aromatic nitrogens is 2. The first kappa shape index (κ1) is 17.6. The number of nitrogens with two attached hydrogens (primary N) is 1. The molecule has 0 saturated heterocycles.